The van der Waals surface area contributed by atoms with Crippen molar-refractivity contribution in [1.82, 2.24) is 13.5 Å². The van der Waals surface area contributed by atoms with Gasteiger partial charge in [0.05, 0.1) is 12.6 Å². The van der Waals surface area contributed by atoms with Gasteiger partial charge in [-0.2, -0.15) is 22.3 Å². The molecule has 0 N–H and O–H groups in total. The lowest BCUT2D eigenvalue weighted by atomic mass is 10.1. The smallest absolute Gasteiger partial charge is 0.282 e. The van der Waals surface area contributed by atoms with Crippen molar-refractivity contribution in [2.24, 2.45) is 0 Å². The van der Waals surface area contributed by atoms with Crippen molar-refractivity contribution in [2.75, 3.05) is 39.3 Å². The Hall–Kier alpha value is -0.680. The van der Waals surface area contributed by atoms with E-state index in [9.17, 15) is 8.42 Å². The fourth-order valence-corrected chi connectivity index (χ4v) is 4.62. The zero-order valence-electron chi connectivity index (χ0n) is 11.5. The Bertz CT molecular complexity index is 437. The molecule has 0 unspecified atom stereocenters. The lowest BCUT2D eigenvalue weighted by Crippen LogP contribution is -2.55. The van der Waals surface area contributed by atoms with Crippen molar-refractivity contribution in [1.29, 1.82) is 5.26 Å². The van der Waals surface area contributed by atoms with Gasteiger partial charge in [-0.15, -0.1) is 0 Å². The molecule has 0 bridgehead atoms. The zero-order valence-corrected chi connectivity index (χ0v) is 12.3. The van der Waals surface area contributed by atoms with E-state index in [-0.39, 0.29) is 6.04 Å². The van der Waals surface area contributed by atoms with Gasteiger partial charge in [-0.05, 0) is 19.8 Å². The molecule has 0 spiro atoms. The fourth-order valence-electron chi connectivity index (χ4n) is 2.78. The van der Waals surface area contributed by atoms with E-state index < -0.39 is 10.2 Å². The second kappa shape index (κ2) is 6.18. The Morgan fingerprint density at radius 1 is 1.16 bits per heavy atom. The molecule has 2 rings (SSSR count). The van der Waals surface area contributed by atoms with Gasteiger partial charge >= 0.3 is 0 Å². The molecule has 0 radical (unpaired) electrons. The minimum Gasteiger partial charge on any atom is -0.288 e. The molecule has 0 aromatic rings. The van der Waals surface area contributed by atoms with Crippen LogP contribution in [0.2, 0.25) is 0 Å². The van der Waals surface area contributed by atoms with Gasteiger partial charge in [-0.3, -0.25) is 4.90 Å². The van der Waals surface area contributed by atoms with E-state index in [1.807, 2.05) is 11.8 Å². The Balaban J connectivity index is 1.99. The summed E-state index contributed by atoms with van der Waals surface area (Å²) in [7, 11) is -3.32. The summed E-state index contributed by atoms with van der Waals surface area (Å²) in [5.41, 5.74) is 0. The number of rotatable bonds is 3. The van der Waals surface area contributed by atoms with Crippen LogP contribution in [0.15, 0.2) is 0 Å². The van der Waals surface area contributed by atoms with Crippen LogP contribution in [0.5, 0.6) is 0 Å². The maximum Gasteiger partial charge on any atom is 0.282 e. The van der Waals surface area contributed by atoms with Crippen LogP contribution in [0.1, 0.15) is 26.2 Å². The summed E-state index contributed by atoms with van der Waals surface area (Å²) in [4.78, 5) is 1.99. The first-order chi connectivity index (χ1) is 9.05. The Morgan fingerprint density at radius 2 is 1.84 bits per heavy atom. The minimum absolute atomic E-state index is 0.107. The SMILES string of the molecule is C[C@H]1CCCCN1S(=O)(=O)N1CCN(CC#N)CC1. The van der Waals surface area contributed by atoms with E-state index in [1.54, 1.807) is 8.61 Å². The molecule has 1 atom stereocenters. The number of nitriles is 1. The van der Waals surface area contributed by atoms with Crippen LogP contribution in [0.25, 0.3) is 0 Å². The summed E-state index contributed by atoms with van der Waals surface area (Å²) in [6.45, 7) is 5.29. The molecule has 0 aliphatic carbocycles. The molecule has 108 valence electrons. The lowest BCUT2D eigenvalue weighted by Gasteiger charge is -2.39. The van der Waals surface area contributed by atoms with Crippen LogP contribution in [-0.2, 0) is 10.2 Å². The average molecular weight is 286 g/mol. The maximum absolute atomic E-state index is 12.6. The Kier molecular flexibility index (Phi) is 4.79. The summed E-state index contributed by atoms with van der Waals surface area (Å²) in [6, 6.07) is 2.22. The number of hydrogen-bond acceptors (Lipinski definition) is 4. The number of hydrogen-bond donors (Lipinski definition) is 0. The van der Waals surface area contributed by atoms with E-state index in [0.717, 1.165) is 19.3 Å². The van der Waals surface area contributed by atoms with E-state index in [2.05, 4.69) is 6.07 Å². The zero-order chi connectivity index (χ0) is 13.9. The highest BCUT2D eigenvalue weighted by Crippen LogP contribution is 2.22. The molecule has 7 heteroatoms. The highest BCUT2D eigenvalue weighted by molar-refractivity contribution is 7.86. The van der Waals surface area contributed by atoms with Crippen molar-refractivity contribution in [2.45, 2.75) is 32.2 Å². The van der Waals surface area contributed by atoms with Crippen molar-refractivity contribution < 1.29 is 8.42 Å². The molecule has 2 heterocycles. The van der Waals surface area contributed by atoms with Crippen molar-refractivity contribution in [3.05, 3.63) is 0 Å². The van der Waals surface area contributed by atoms with Gasteiger partial charge in [-0.25, -0.2) is 0 Å². The van der Waals surface area contributed by atoms with Crippen molar-refractivity contribution in [3.63, 3.8) is 0 Å². The molecule has 0 saturated carbocycles. The molecule has 19 heavy (non-hydrogen) atoms. The third-order valence-electron chi connectivity index (χ3n) is 3.99. The molecule has 2 fully saturated rings. The monoisotopic (exact) mass is 286 g/mol. The highest BCUT2D eigenvalue weighted by atomic mass is 32.2. The third-order valence-corrected chi connectivity index (χ3v) is 6.14. The first-order valence-corrected chi connectivity index (χ1v) is 8.31. The normalized spacial score (nSPS) is 28.1. The van der Waals surface area contributed by atoms with Gasteiger partial charge in [0.15, 0.2) is 0 Å². The van der Waals surface area contributed by atoms with E-state index in [0.29, 0.717) is 39.3 Å². The first-order valence-electron chi connectivity index (χ1n) is 6.92. The quantitative estimate of drug-likeness (QED) is 0.697. The predicted octanol–water partition coefficient (Wildman–Crippen LogP) is 0.247. The fraction of sp³-hybridized carbons (Fsp3) is 0.917. The molecule has 6 nitrogen and oxygen atoms in total. The molecule has 2 aliphatic heterocycles. The summed E-state index contributed by atoms with van der Waals surface area (Å²) in [6.07, 6.45) is 3.02. The van der Waals surface area contributed by atoms with Gasteiger partial charge in [0.25, 0.3) is 10.2 Å². The van der Waals surface area contributed by atoms with Crippen LogP contribution < -0.4 is 0 Å². The lowest BCUT2D eigenvalue weighted by molar-refractivity contribution is 0.184. The molecule has 0 amide bonds. The number of piperidine rings is 1. The van der Waals surface area contributed by atoms with Crippen molar-refractivity contribution in [3.8, 4) is 6.07 Å². The summed E-state index contributed by atoms with van der Waals surface area (Å²) < 4.78 is 28.4. The maximum atomic E-state index is 12.6. The van der Waals surface area contributed by atoms with Crippen LogP contribution in [0.4, 0.5) is 0 Å². The van der Waals surface area contributed by atoms with Crippen LogP contribution >= 0.6 is 0 Å². The van der Waals surface area contributed by atoms with E-state index in [1.165, 1.54) is 0 Å². The van der Waals surface area contributed by atoms with Gasteiger partial charge < -0.3 is 0 Å². The highest BCUT2D eigenvalue weighted by Gasteiger charge is 2.35. The van der Waals surface area contributed by atoms with Crippen LogP contribution in [-0.4, -0.2) is 67.2 Å². The van der Waals surface area contributed by atoms with E-state index >= 15 is 0 Å². The second-order valence-corrected chi connectivity index (χ2v) is 7.18. The number of piperazine rings is 1. The third kappa shape index (κ3) is 3.26. The summed E-state index contributed by atoms with van der Waals surface area (Å²) >= 11 is 0. The van der Waals surface area contributed by atoms with Crippen molar-refractivity contribution >= 4 is 10.2 Å². The molecule has 0 aromatic carbocycles. The average Bonchev–Trinajstić information content (AvgIpc) is 2.40. The second-order valence-electron chi connectivity index (χ2n) is 5.30. The summed E-state index contributed by atoms with van der Waals surface area (Å²) in [5.74, 6) is 0. The van der Waals surface area contributed by atoms with Gasteiger partial charge in [-0.1, -0.05) is 6.42 Å². The molecular formula is C12H22N4O2S. The van der Waals surface area contributed by atoms with Crippen LogP contribution in [0, 0.1) is 11.3 Å². The minimum atomic E-state index is -3.32. The topological polar surface area (TPSA) is 67.7 Å². The predicted molar refractivity (Wildman–Crippen MR) is 72.6 cm³/mol. The van der Waals surface area contributed by atoms with Gasteiger partial charge in [0.2, 0.25) is 0 Å². The molecule has 2 saturated heterocycles. The van der Waals surface area contributed by atoms with Gasteiger partial charge in [0, 0.05) is 38.8 Å². The largest absolute Gasteiger partial charge is 0.288 e. The van der Waals surface area contributed by atoms with Gasteiger partial charge in [0.1, 0.15) is 0 Å². The van der Waals surface area contributed by atoms with E-state index in [4.69, 9.17) is 5.26 Å². The summed E-state index contributed by atoms with van der Waals surface area (Å²) in [5, 5.41) is 8.65. The van der Waals surface area contributed by atoms with Crippen LogP contribution in [0.3, 0.4) is 0 Å². The Morgan fingerprint density at radius 3 is 2.42 bits per heavy atom. The molecular weight excluding hydrogens is 264 g/mol. The molecule has 0 aromatic heterocycles. The Labute approximate surface area is 115 Å². The standard InChI is InChI=1S/C12H22N4O2S/c1-12-4-2-3-6-16(12)19(17,18)15-10-8-14(7-5-13)9-11-15/h12H,2-4,6-11H2,1H3/t12-/m0/s1. The number of nitrogens with zero attached hydrogens (tertiary/aromatic N) is 4. The first kappa shape index (κ1) is 14.7. The molecule has 2 aliphatic rings.